The van der Waals surface area contributed by atoms with Crippen LogP contribution in [0.1, 0.15) is 39.5 Å². The molecule has 0 aromatic rings. The second-order valence-electron chi connectivity index (χ2n) is 4.96. The van der Waals surface area contributed by atoms with Gasteiger partial charge in [0.05, 0.1) is 0 Å². The zero-order valence-electron chi connectivity index (χ0n) is 11.7. The third-order valence-corrected chi connectivity index (χ3v) is 3.07. The maximum atomic E-state index is 11.7. The topological polar surface area (TPSA) is 55.6 Å². The summed E-state index contributed by atoms with van der Waals surface area (Å²) in [5.74, 6) is 0.678. The number of hydrogen-bond acceptors (Lipinski definition) is 3. The molecule has 0 saturated carbocycles. The summed E-state index contributed by atoms with van der Waals surface area (Å²) in [7, 11) is 3.53. The molecule has 0 bridgehead atoms. The smallest absolute Gasteiger partial charge is 0.222 e. The third-order valence-electron chi connectivity index (χ3n) is 3.07. The zero-order valence-corrected chi connectivity index (χ0v) is 11.7. The van der Waals surface area contributed by atoms with E-state index in [-0.39, 0.29) is 11.9 Å². The van der Waals surface area contributed by atoms with Crippen LogP contribution in [0.25, 0.3) is 0 Å². The van der Waals surface area contributed by atoms with E-state index in [4.69, 9.17) is 10.5 Å². The van der Waals surface area contributed by atoms with Gasteiger partial charge in [-0.15, -0.1) is 0 Å². The van der Waals surface area contributed by atoms with Crippen LogP contribution in [0.4, 0.5) is 0 Å². The Hall–Kier alpha value is -0.610. The number of methoxy groups -OCH3 is 1. The second-order valence-corrected chi connectivity index (χ2v) is 4.96. The molecule has 0 radical (unpaired) electrons. The van der Waals surface area contributed by atoms with Gasteiger partial charge < -0.3 is 15.4 Å². The lowest BCUT2D eigenvalue weighted by atomic mass is 10.0. The van der Waals surface area contributed by atoms with Crippen molar-refractivity contribution in [3.63, 3.8) is 0 Å². The van der Waals surface area contributed by atoms with E-state index in [1.807, 2.05) is 7.05 Å². The Kier molecular flexibility index (Phi) is 9.09. The average molecular weight is 244 g/mol. The molecular formula is C13H28N2O2. The van der Waals surface area contributed by atoms with Gasteiger partial charge in [0, 0.05) is 39.8 Å². The Morgan fingerprint density at radius 3 is 2.53 bits per heavy atom. The largest absolute Gasteiger partial charge is 0.385 e. The Morgan fingerprint density at radius 1 is 1.35 bits per heavy atom. The van der Waals surface area contributed by atoms with Crippen LogP contribution < -0.4 is 5.73 Å². The lowest BCUT2D eigenvalue weighted by Gasteiger charge is -2.21. The highest BCUT2D eigenvalue weighted by molar-refractivity contribution is 5.75. The molecule has 0 fully saturated rings. The fourth-order valence-corrected chi connectivity index (χ4v) is 1.51. The Morgan fingerprint density at radius 2 is 2.00 bits per heavy atom. The molecule has 0 aliphatic heterocycles. The molecule has 4 heteroatoms. The van der Waals surface area contributed by atoms with E-state index in [9.17, 15) is 4.79 Å². The van der Waals surface area contributed by atoms with Crippen molar-refractivity contribution in [3.05, 3.63) is 0 Å². The Labute approximate surface area is 105 Å². The molecule has 0 heterocycles. The van der Waals surface area contributed by atoms with Crippen LogP contribution in [0.5, 0.6) is 0 Å². The fourth-order valence-electron chi connectivity index (χ4n) is 1.51. The van der Waals surface area contributed by atoms with Crippen molar-refractivity contribution in [2.45, 2.75) is 45.6 Å². The quantitative estimate of drug-likeness (QED) is 0.627. The first-order chi connectivity index (χ1) is 7.99. The van der Waals surface area contributed by atoms with E-state index in [2.05, 4.69) is 13.8 Å². The van der Waals surface area contributed by atoms with Gasteiger partial charge in [0.15, 0.2) is 0 Å². The molecule has 1 amide bonds. The van der Waals surface area contributed by atoms with Crippen molar-refractivity contribution in [3.8, 4) is 0 Å². The number of rotatable bonds is 9. The van der Waals surface area contributed by atoms with Gasteiger partial charge in [-0.25, -0.2) is 0 Å². The molecule has 1 atom stereocenters. The normalized spacial score (nSPS) is 12.8. The first-order valence-electron chi connectivity index (χ1n) is 6.47. The number of ether oxygens (including phenoxy) is 1. The highest BCUT2D eigenvalue weighted by Gasteiger charge is 2.12. The minimum atomic E-state index is 0.179. The first kappa shape index (κ1) is 16.4. The van der Waals surface area contributed by atoms with E-state index < -0.39 is 0 Å². The van der Waals surface area contributed by atoms with Crippen molar-refractivity contribution < 1.29 is 9.53 Å². The van der Waals surface area contributed by atoms with Gasteiger partial charge in [-0.3, -0.25) is 4.79 Å². The first-order valence-corrected chi connectivity index (χ1v) is 6.47. The number of nitrogens with two attached hydrogens (primary N) is 1. The van der Waals surface area contributed by atoms with Crippen LogP contribution in [0.3, 0.4) is 0 Å². The number of hydrogen-bond donors (Lipinski definition) is 1. The van der Waals surface area contributed by atoms with Crippen LogP contribution in [0.2, 0.25) is 0 Å². The van der Waals surface area contributed by atoms with Gasteiger partial charge in [-0.1, -0.05) is 13.8 Å². The van der Waals surface area contributed by atoms with Crippen LogP contribution in [0.15, 0.2) is 0 Å². The highest BCUT2D eigenvalue weighted by Crippen LogP contribution is 2.05. The van der Waals surface area contributed by atoms with Crippen LogP contribution >= 0.6 is 0 Å². The number of nitrogens with zero attached hydrogens (tertiary/aromatic N) is 1. The number of amides is 1. The lowest BCUT2D eigenvalue weighted by molar-refractivity contribution is -0.130. The van der Waals surface area contributed by atoms with E-state index in [1.54, 1.807) is 12.0 Å². The molecule has 0 saturated heterocycles. The monoisotopic (exact) mass is 244 g/mol. The molecule has 0 aromatic carbocycles. The van der Waals surface area contributed by atoms with Crippen LogP contribution in [0, 0.1) is 5.92 Å². The van der Waals surface area contributed by atoms with E-state index in [0.29, 0.717) is 12.3 Å². The summed E-state index contributed by atoms with van der Waals surface area (Å²) in [5, 5.41) is 0. The fraction of sp³-hybridized carbons (Fsp3) is 0.923. The third kappa shape index (κ3) is 8.16. The van der Waals surface area contributed by atoms with Gasteiger partial charge in [0.1, 0.15) is 0 Å². The summed E-state index contributed by atoms with van der Waals surface area (Å²) in [6.45, 7) is 5.70. The van der Waals surface area contributed by atoms with Crippen molar-refractivity contribution in [1.29, 1.82) is 0 Å². The zero-order chi connectivity index (χ0) is 13.3. The SMILES string of the molecule is COCCCCC(=O)N(C)CCC(N)C(C)C. The molecule has 0 spiro atoms. The van der Waals surface area contributed by atoms with Crippen molar-refractivity contribution >= 4 is 5.91 Å². The molecular weight excluding hydrogens is 216 g/mol. The molecule has 2 N–H and O–H groups in total. The van der Waals surface area contributed by atoms with Crippen molar-refractivity contribution in [1.82, 2.24) is 4.90 Å². The van der Waals surface area contributed by atoms with Gasteiger partial charge in [0.2, 0.25) is 5.91 Å². The summed E-state index contributed by atoms with van der Waals surface area (Å²) in [6, 6.07) is 0.179. The summed E-state index contributed by atoms with van der Waals surface area (Å²) in [4.78, 5) is 13.5. The standard InChI is InChI=1S/C13H28N2O2/c1-11(2)12(14)8-9-15(3)13(16)7-5-6-10-17-4/h11-12H,5-10,14H2,1-4H3. The summed E-state index contributed by atoms with van der Waals surface area (Å²) in [5.41, 5.74) is 5.95. The molecule has 0 rings (SSSR count). The van der Waals surface area contributed by atoms with Gasteiger partial charge in [-0.2, -0.15) is 0 Å². The molecule has 4 nitrogen and oxygen atoms in total. The van der Waals surface area contributed by atoms with Gasteiger partial charge >= 0.3 is 0 Å². The minimum absolute atomic E-state index is 0.179. The Bertz CT molecular complexity index is 208. The van der Waals surface area contributed by atoms with Crippen molar-refractivity contribution in [2.24, 2.45) is 11.7 Å². The maximum absolute atomic E-state index is 11.7. The molecule has 0 aliphatic carbocycles. The predicted octanol–water partition coefficient (Wildman–Crippen LogP) is 1.63. The number of carbonyl (C=O) groups is 1. The van der Waals surface area contributed by atoms with Gasteiger partial charge in [0.25, 0.3) is 0 Å². The molecule has 0 aliphatic rings. The maximum Gasteiger partial charge on any atom is 0.222 e. The van der Waals surface area contributed by atoms with Crippen LogP contribution in [-0.4, -0.2) is 44.2 Å². The minimum Gasteiger partial charge on any atom is -0.385 e. The molecule has 1 unspecified atom stereocenters. The lowest BCUT2D eigenvalue weighted by Crippen LogP contribution is -2.34. The molecule has 0 aromatic heterocycles. The van der Waals surface area contributed by atoms with Gasteiger partial charge in [-0.05, 0) is 25.2 Å². The van der Waals surface area contributed by atoms with E-state index in [0.717, 1.165) is 32.4 Å². The summed E-state index contributed by atoms with van der Waals surface area (Å²) in [6.07, 6.45) is 3.32. The highest BCUT2D eigenvalue weighted by atomic mass is 16.5. The Balaban J connectivity index is 3.67. The number of unbranched alkanes of at least 4 members (excludes halogenated alkanes) is 1. The predicted molar refractivity (Wildman–Crippen MR) is 70.8 cm³/mol. The number of carbonyl (C=O) groups excluding carboxylic acids is 1. The van der Waals surface area contributed by atoms with E-state index >= 15 is 0 Å². The second kappa shape index (κ2) is 9.42. The molecule has 17 heavy (non-hydrogen) atoms. The van der Waals surface area contributed by atoms with E-state index in [1.165, 1.54) is 0 Å². The summed E-state index contributed by atoms with van der Waals surface area (Å²) < 4.78 is 4.95. The van der Waals surface area contributed by atoms with Crippen LogP contribution in [-0.2, 0) is 9.53 Å². The van der Waals surface area contributed by atoms with Crippen molar-refractivity contribution in [2.75, 3.05) is 27.3 Å². The summed E-state index contributed by atoms with van der Waals surface area (Å²) >= 11 is 0. The average Bonchev–Trinajstić information content (AvgIpc) is 2.30. The molecule has 102 valence electrons.